The lowest BCUT2D eigenvalue weighted by molar-refractivity contribution is -0.312. The fourth-order valence-corrected chi connectivity index (χ4v) is 2.28. The van der Waals surface area contributed by atoms with Gasteiger partial charge in [0.1, 0.15) is 11.8 Å². The summed E-state index contributed by atoms with van der Waals surface area (Å²) in [6.07, 6.45) is -4.35. The minimum absolute atomic E-state index is 0.0343. The number of hydrogen-bond donors (Lipinski definition) is 0. The van der Waals surface area contributed by atoms with Gasteiger partial charge in [-0.1, -0.05) is 12.1 Å². The maximum Gasteiger partial charge on any atom is 0.419 e. The van der Waals surface area contributed by atoms with Crippen LogP contribution in [0.4, 0.5) is 13.2 Å². The first-order valence-electron chi connectivity index (χ1n) is 6.33. The summed E-state index contributed by atoms with van der Waals surface area (Å²) in [7, 11) is 1.09. The van der Waals surface area contributed by atoms with Crippen LogP contribution in [0.25, 0.3) is 0 Å². The molecule has 2 rings (SSSR count). The summed E-state index contributed by atoms with van der Waals surface area (Å²) in [5.74, 6) is 0.561. The molecule has 0 N–H and O–H groups in total. The number of hydrogen-bond acceptors (Lipinski definition) is 4. The number of rotatable bonds is 5. The number of methoxy groups -OCH3 is 1. The summed E-state index contributed by atoms with van der Waals surface area (Å²) < 4.78 is 48.3. The molecule has 4 nitrogen and oxygen atoms in total. The molecule has 0 radical (unpaired) electrons. The van der Waals surface area contributed by atoms with Crippen LogP contribution in [0, 0.1) is 11.3 Å². The van der Waals surface area contributed by atoms with Crippen molar-refractivity contribution < 1.29 is 22.6 Å². The minimum Gasteiger partial charge on any atom is -0.479 e. The Morgan fingerprint density at radius 1 is 1.29 bits per heavy atom. The van der Waals surface area contributed by atoms with Gasteiger partial charge in [0, 0.05) is 26.7 Å². The zero-order chi connectivity index (χ0) is 15.5. The van der Waals surface area contributed by atoms with E-state index in [1.807, 2.05) is 6.07 Å². The molecule has 0 bridgehead atoms. The second-order valence-electron chi connectivity index (χ2n) is 4.93. The van der Waals surface area contributed by atoms with Crippen molar-refractivity contribution >= 4 is 0 Å². The van der Waals surface area contributed by atoms with Crippen molar-refractivity contribution in [2.75, 3.05) is 26.8 Å². The molecule has 21 heavy (non-hydrogen) atoms. The molecule has 0 atom stereocenters. The van der Waals surface area contributed by atoms with Crippen LogP contribution < -0.4 is 4.74 Å². The normalized spacial score (nSPS) is 17.9. The highest BCUT2D eigenvalue weighted by molar-refractivity contribution is 5.27. The van der Waals surface area contributed by atoms with Crippen molar-refractivity contribution in [3.8, 4) is 11.8 Å². The zero-order valence-corrected chi connectivity index (χ0v) is 11.5. The monoisotopic (exact) mass is 300 g/mol. The van der Waals surface area contributed by atoms with E-state index in [9.17, 15) is 13.2 Å². The average molecular weight is 300 g/mol. The highest BCUT2D eigenvalue weighted by Gasteiger charge is 2.62. The lowest BCUT2D eigenvalue weighted by Crippen LogP contribution is -2.69. The molecule has 114 valence electrons. The molecule has 1 saturated heterocycles. The predicted octanol–water partition coefficient (Wildman–Crippen LogP) is 2.35. The molecule has 1 fully saturated rings. The van der Waals surface area contributed by atoms with Crippen molar-refractivity contribution in [1.82, 2.24) is 4.90 Å². The minimum atomic E-state index is -4.35. The van der Waals surface area contributed by atoms with Gasteiger partial charge in [0.25, 0.3) is 0 Å². The van der Waals surface area contributed by atoms with Gasteiger partial charge < -0.3 is 9.47 Å². The van der Waals surface area contributed by atoms with Crippen LogP contribution in [-0.4, -0.2) is 43.5 Å². The number of nitriles is 1. The molecule has 1 aliphatic heterocycles. The van der Waals surface area contributed by atoms with Gasteiger partial charge in [-0.3, -0.25) is 4.90 Å². The first kappa shape index (κ1) is 15.6. The molecular formula is C14H15F3N2O2. The van der Waals surface area contributed by atoms with Gasteiger partial charge in [-0.05, 0) is 17.7 Å². The van der Waals surface area contributed by atoms with E-state index in [1.54, 1.807) is 29.2 Å². The maximum absolute atomic E-state index is 12.8. The Morgan fingerprint density at radius 3 is 2.38 bits per heavy atom. The lowest BCUT2D eigenvalue weighted by atomic mass is 9.92. The third kappa shape index (κ3) is 3.28. The van der Waals surface area contributed by atoms with Gasteiger partial charge in [0.2, 0.25) is 0 Å². The Balaban J connectivity index is 1.89. The van der Waals surface area contributed by atoms with Crippen LogP contribution in [-0.2, 0) is 11.3 Å². The van der Waals surface area contributed by atoms with E-state index in [0.29, 0.717) is 12.3 Å². The van der Waals surface area contributed by atoms with E-state index >= 15 is 0 Å². The summed E-state index contributed by atoms with van der Waals surface area (Å²) in [4.78, 5) is 1.67. The Bertz CT molecular complexity index is 517. The molecule has 1 aliphatic rings. The van der Waals surface area contributed by atoms with Crippen LogP contribution in [0.3, 0.4) is 0 Å². The molecule has 0 aromatic heterocycles. The van der Waals surface area contributed by atoms with Crippen molar-refractivity contribution in [1.29, 1.82) is 5.26 Å². The number of likely N-dealkylation sites (tertiary alicyclic amines) is 1. The Hall–Kier alpha value is -1.78. The smallest absolute Gasteiger partial charge is 0.419 e. The highest BCUT2D eigenvalue weighted by atomic mass is 19.4. The molecule has 0 saturated carbocycles. The van der Waals surface area contributed by atoms with Crippen LogP contribution >= 0.6 is 0 Å². The zero-order valence-electron chi connectivity index (χ0n) is 11.5. The highest BCUT2D eigenvalue weighted by Crippen LogP contribution is 2.40. The molecule has 1 aromatic rings. The van der Waals surface area contributed by atoms with Crippen molar-refractivity contribution in [3.05, 3.63) is 29.8 Å². The maximum atomic E-state index is 12.8. The van der Waals surface area contributed by atoms with Gasteiger partial charge >= 0.3 is 6.18 Å². The van der Waals surface area contributed by atoms with Crippen molar-refractivity contribution in [2.45, 2.75) is 18.3 Å². The lowest BCUT2D eigenvalue weighted by Gasteiger charge is -2.49. The fraction of sp³-hybridized carbons (Fsp3) is 0.500. The second-order valence-corrected chi connectivity index (χ2v) is 4.93. The molecule has 7 heteroatoms. The molecule has 0 unspecified atom stereocenters. The molecule has 1 aromatic carbocycles. The molecule has 0 spiro atoms. The molecule has 1 heterocycles. The van der Waals surface area contributed by atoms with E-state index in [2.05, 4.69) is 4.74 Å². The van der Waals surface area contributed by atoms with E-state index < -0.39 is 11.8 Å². The summed E-state index contributed by atoms with van der Waals surface area (Å²) in [6.45, 7) is 0.0481. The van der Waals surface area contributed by atoms with Gasteiger partial charge in [-0.25, -0.2) is 0 Å². The molecular weight excluding hydrogens is 285 g/mol. The second kappa shape index (κ2) is 5.92. The number of ether oxygens (including phenoxy) is 2. The number of halogens is 3. The summed E-state index contributed by atoms with van der Waals surface area (Å²) in [6, 6.07) is 8.79. The van der Waals surface area contributed by atoms with Gasteiger partial charge in [-0.15, -0.1) is 0 Å². The quantitative estimate of drug-likeness (QED) is 0.837. The number of alkyl halides is 3. The first-order valence-corrected chi connectivity index (χ1v) is 6.33. The van der Waals surface area contributed by atoms with Gasteiger partial charge in [0.15, 0.2) is 12.2 Å². The predicted molar refractivity (Wildman–Crippen MR) is 68.6 cm³/mol. The number of benzene rings is 1. The van der Waals surface area contributed by atoms with E-state index in [1.165, 1.54) is 0 Å². The third-order valence-corrected chi connectivity index (χ3v) is 3.50. The van der Waals surface area contributed by atoms with E-state index in [0.717, 1.165) is 12.7 Å². The topological polar surface area (TPSA) is 45.5 Å². The van der Waals surface area contributed by atoms with E-state index in [-0.39, 0.29) is 19.7 Å². The largest absolute Gasteiger partial charge is 0.479 e. The molecule has 0 amide bonds. The van der Waals surface area contributed by atoms with Crippen molar-refractivity contribution in [2.24, 2.45) is 0 Å². The average Bonchev–Trinajstić information content (AvgIpc) is 2.40. The number of nitrogens with zero attached hydrogens (tertiary/aromatic N) is 2. The standard InChI is InChI=1S/C14H15F3N2O2/c1-20-13(14(15,16)17)9-19(10-13)8-11-2-4-12(5-3-11)21-7-6-18/h2-5H,7-10H2,1H3. The Kier molecular flexibility index (Phi) is 4.40. The fourth-order valence-electron chi connectivity index (χ4n) is 2.28. The Labute approximate surface area is 120 Å². The van der Waals surface area contributed by atoms with Gasteiger partial charge in [0.05, 0.1) is 0 Å². The summed E-state index contributed by atoms with van der Waals surface area (Å²) in [5.41, 5.74) is -1.16. The molecule has 0 aliphatic carbocycles. The van der Waals surface area contributed by atoms with Crippen LogP contribution in [0.2, 0.25) is 0 Å². The Morgan fingerprint density at radius 2 is 1.90 bits per heavy atom. The van der Waals surface area contributed by atoms with Crippen molar-refractivity contribution in [3.63, 3.8) is 0 Å². The van der Waals surface area contributed by atoms with Crippen LogP contribution in [0.5, 0.6) is 5.75 Å². The third-order valence-electron chi connectivity index (χ3n) is 3.50. The SMILES string of the molecule is COC1(C(F)(F)F)CN(Cc2ccc(OCC#N)cc2)C1. The van der Waals surface area contributed by atoms with Gasteiger partial charge in [-0.2, -0.15) is 18.4 Å². The first-order chi connectivity index (χ1) is 9.90. The van der Waals surface area contributed by atoms with Crippen LogP contribution in [0.1, 0.15) is 5.56 Å². The van der Waals surface area contributed by atoms with Crippen LogP contribution in [0.15, 0.2) is 24.3 Å². The summed E-state index contributed by atoms with van der Waals surface area (Å²) in [5, 5.41) is 8.39. The van der Waals surface area contributed by atoms with E-state index in [4.69, 9.17) is 10.00 Å². The summed E-state index contributed by atoms with van der Waals surface area (Å²) >= 11 is 0.